The smallest absolute Gasteiger partial charge is 0.150 e. The van der Waals surface area contributed by atoms with E-state index in [9.17, 15) is 0 Å². The lowest BCUT2D eigenvalue weighted by molar-refractivity contribution is 0.504. The standard InChI is InChI=1S/C8H8BrClN2/c1-3-7(9)12-6(2)4-5-8(10)11-12/h3-5H,2H2,1H3/b7-3-. The molecule has 64 valence electrons. The van der Waals surface area contributed by atoms with Gasteiger partial charge in [0.15, 0.2) is 0 Å². The van der Waals surface area contributed by atoms with Gasteiger partial charge in [-0.15, -0.1) is 0 Å². The van der Waals surface area contributed by atoms with Crippen LogP contribution in [0.1, 0.15) is 6.92 Å². The summed E-state index contributed by atoms with van der Waals surface area (Å²) in [5, 5.41) is 6.12. The van der Waals surface area contributed by atoms with Gasteiger partial charge in [-0.3, -0.25) is 0 Å². The Hall–Kier alpha value is -0.540. The third kappa shape index (κ3) is 1.99. The number of allylic oxidation sites excluding steroid dienone is 3. The molecule has 0 amide bonds. The summed E-state index contributed by atoms with van der Waals surface area (Å²) in [4.78, 5) is 0. The zero-order chi connectivity index (χ0) is 9.14. The Balaban J connectivity index is 2.92. The minimum absolute atomic E-state index is 0.446. The van der Waals surface area contributed by atoms with Crippen molar-refractivity contribution in [2.45, 2.75) is 6.92 Å². The highest BCUT2D eigenvalue weighted by atomic mass is 79.9. The van der Waals surface area contributed by atoms with Crippen molar-refractivity contribution in [1.82, 2.24) is 5.01 Å². The molecule has 12 heavy (non-hydrogen) atoms. The first kappa shape index (κ1) is 9.55. The van der Waals surface area contributed by atoms with Crippen LogP contribution >= 0.6 is 27.5 Å². The fraction of sp³-hybridized carbons (Fsp3) is 0.125. The summed E-state index contributed by atoms with van der Waals surface area (Å²) in [5.74, 6) is 0. The van der Waals surface area contributed by atoms with E-state index in [0.29, 0.717) is 5.17 Å². The molecular weight excluding hydrogens is 239 g/mol. The van der Waals surface area contributed by atoms with Gasteiger partial charge >= 0.3 is 0 Å². The number of halogens is 2. The first-order chi connectivity index (χ1) is 5.65. The highest BCUT2D eigenvalue weighted by molar-refractivity contribution is 9.11. The number of hydrogen-bond acceptors (Lipinski definition) is 2. The number of hydrazone groups is 1. The Morgan fingerprint density at radius 3 is 3.00 bits per heavy atom. The molecule has 0 fully saturated rings. The Kier molecular flexibility index (Phi) is 3.12. The van der Waals surface area contributed by atoms with Crippen molar-refractivity contribution in [3.05, 3.63) is 35.1 Å². The molecule has 1 rings (SSSR count). The molecule has 2 nitrogen and oxygen atoms in total. The van der Waals surface area contributed by atoms with Crippen LogP contribution < -0.4 is 0 Å². The van der Waals surface area contributed by atoms with E-state index >= 15 is 0 Å². The van der Waals surface area contributed by atoms with Crippen molar-refractivity contribution in [3.63, 3.8) is 0 Å². The summed E-state index contributed by atoms with van der Waals surface area (Å²) in [7, 11) is 0. The normalized spacial score (nSPS) is 18.2. The summed E-state index contributed by atoms with van der Waals surface area (Å²) >= 11 is 9.04. The van der Waals surface area contributed by atoms with E-state index in [4.69, 9.17) is 11.6 Å². The van der Waals surface area contributed by atoms with Crippen LogP contribution in [-0.2, 0) is 0 Å². The molecule has 4 heteroatoms. The monoisotopic (exact) mass is 246 g/mol. The average Bonchev–Trinajstić information content (AvgIpc) is 2.08. The van der Waals surface area contributed by atoms with Gasteiger partial charge in [0, 0.05) is 0 Å². The molecule has 0 aromatic rings. The highest BCUT2D eigenvalue weighted by Gasteiger charge is 2.11. The molecule has 0 N–H and O–H groups in total. The molecule has 1 aliphatic heterocycles. The third-order valence-electron chi connectivity index (χ3n) is 1.32. The van der Waals surface area contributed by atoms with Gasteiger partial charge in [0.25, 0.3) is 0 Å². The van der Waals surface area contributed by atoms with E-state index in [0.717, 1.165) is 10.3 Å². The number of rotatable bonds is 1. The van der Waals surface area contributed by atoms with Crippen molar-refractivity contribution in [2.75, 3.05) is 0 Å². The predicted octanol–water partition coefficient (Wildman–Crippen LogP) is 3.18. The van der Waals surface area contributed by atoms with Gasteiger partial charge in [0.1, 0.15) is 9.78 Å². The van der Waals surface area contributed by atoms with Gasteiger partial charge < -0.3 is 0 Å². The van der Waals surface area contributed by atoms with E-state index in [1.807, 2.05) is 13.0 Å². The quantitative estimate of drug-likeness (QED) is 0.650. The molecule has 0 aliphatic carbocycles. The van der Waals surface area contributed by atoms with Gasteiger partial charge in [-0.1, -0.05) is 24.3 Å². The van der Waals surface area contributed by atoms with Gasteiger partial charge in [0.2, 0.25) is 0 Å². The van der Waals surface area contributed by atoms with Crippen molar-refractivity contribution in [3.8, 4) is 0 Å². The van der Waals surface area contributed by atoms with E-state index in [1.165, 1.54) is 0 Å². The molecular formula is C8H8BrClN2. The molecule has 0 spiro atoms. The Labute approximate surface area is 85.0 Å². The van der Waals surface area contributed by atoms with E-state index in [2.05, 4.69) is 27.6 Å². The van der Waals surface area contributed by atoms with E-state index in [-0.39, 0.29) is 0 Å². The molecule has 0 saturated heterocycles. The molecule has 0 aromatic carbocycles. The first-order valence-corrected chi connectivity index (χ1v) is 4.55. The molecule has 0 atom stereocenters. The molecule has 0 aromatic heterocycles. The Bertz CT molecular complexity index is 289. The minimum atomic E-state index is 0.446. The van der Waals surface area contributed by atoms with Crippen LogP contribution in [0.4, 0.5) is 0 Å². The van der Waals surface area contributed by atoms with Gasteiger partial charge in [-0.25, -0.2) is 5.01 Å². The summed E-state index contributed by atoms with van der Waals surface area (Å²) in [6.45, 7) is 5.70. The lowest BCUT2D eigenvalue weighted by Gasteiger charge is -2.20. The largest absolute Gasteiger partial charge is 0.226 e. The van der Waals surface area contributed by atoms with Crippen molar-refractivity contribution >= 4 is 32.7 Å². The third-order valence-corrected chi connectivity index (χ3v) is 2.32. The lowest BCUT2D eigenvalue weighted by Crippen LogP contribution is -2.15. The van der Waals surface area contributed by atoms with Crippen molar-refractivity contribution < 1.29 is 0 Å². The summed E-state index contributed by atoms with van der Waals surface area (Å²) in [5.41, 5.74) is 0.782. The van der Waals surface area contributed by atoms with Crippen LogP contribution in [0.5, 0.6) is 0 Å². The second kappa shape index (κ2) is 3.92. The highest BCUT2D eigenvalue weighted by Crippen LogP contribution is 2.22. The molecule has 1 heterocycles. The SMILES string of the molecule is C=C1C=CC(Cl)=NN1/C(Br)=C\C. The van der Waals surface area contributed by atoms with Gasteiger partial charge in [-0.2, -0.15) is 5.10 Å². The predicted molar refractivity (Wildman–Crippen MR) is 56.1 cm³/mol. The van der Waals surface area contributed by atoms with Gasteiger partial charge in [-0.05, 0) is 35.0 Å². The minimum Gasteiger partial charge on any atom is -0.226 e. The van der Waals surface area contributed by atoms with Crippen LogP contribution in [0.3, 0.4) is 0 Å². The average molecular weight is 248 g/mol. The topological polar surface area (TPSA) is 15.6 Å². The van der Waals surface area contributed by atoms with E-state index in [1.54, 1.807) is 17.2 Å². The maximum Gasteiger partial charge on any atom is 0.150 e. The molecule has 0 saturated carbocycles. The fourth-order valence-corrected chi connectivity index (χ4v) is 1.18. The summed E-state index contributed by atoms with van der Waals surface area (Å²) < 4.78 is 0.829. The molecule has 1 aliphatic rings. The van der Waals surface area contributed by atoms with Crippen LogP contribution in [0, 0.1) is 0 Å². The van der Waals surface area contributed by atoms with Crippen LogP contribution in [0.15, 0.2) is 40.2 Å². The first-order valence-electron chi connectivity index (χ1n) is 3.38. The second-order valence-electron chi connectivity index (χ2n) is 2.17. The Morgan fingerprint density at radius 1 is 1.75 bits per heavy atom. The lowest BCUT2D eigenvalue weighted by atomic mass is 10.4. The maximum absolute atomic E-state index is 5.71. The molecule has 0 bridgehead atoms. The molecule has 0 radical (unpaired) electrons. The zero-order valence-electron chi connectivity index (χ0n) is 6.59. The van der Waals surface area contributed by atoms with Gasteiger partial charge in [0.05, 0.1) is 5.70 Å². The van der Waals surface area contributed by atoms with Crippen LogP contribution in [0.2, 0.25) is 0 Å². The maximum atomic E-state index is 5.71. The van der Waals surface area contributed by atoms with E-state index < -0.39 is 0 Å². The van der Waals surface area contributed by atoms with Crippen molar-refractivity contribution in [2.24, 2.45) is 5.10 Å². The summed E-state index contributed by atoms with van der Waals surface area (Å²) in [6.07, 6.45) is 5.38. The summed E-state index contributed by atoms with van der Waals surface area (Å²) in [6, 6.07) is 0. The zero-order valence-corrected chi connectivity index (χ0v) is 8.93. The second-order valence-corrected chi connectivity index (χ2v) is 3.37. The van der Waals surface area contributed by atoms with Crippen LogP contribution in [-0.4, -0.2) is 10.2 Å². The van der Waals surface area contributed by atoms with Crippen molar-refractivity contribution in [1.29, 1.82) is 0 Å². The number of nitrogens with zero attached hydrogens (tertiary/aromatic N) is 2. The molecule has 0 unspecified atom stereocenters. The van der Waals surface area contributed by atoms with Crippen LogP contribution in [0.25, 0.3) is 0 Å². The number of hydrogen-bond donors (Lipinski definition) is 0. The Morgan fingerprint density at radius 2 is 2.42 bits per heavy atom. The fourth-order valence-electron chi connectivity index (χ4n) is 0.736.